The van der Waals surface area contributed by atoms with E-state index < -0.39 is 0 Å². The highest BCUT2D eigenvalue weighted by molar-refractivity contribution is 6.01. The van der Waals surface area contributed by atoms with Crippen LogP contribution >= 0.6 is 0 Å². The summed E-state index contributed by atoms with van der Waals surface area (Å²) >= 11 is 0. The van der Waals surface area contributed by atoms with Gasteiger partial charge in [-0.3, -0.25) is 4.79 Å². The van der Waals surface area contributed by atoms with E-state index in [4.69, 9.17) is 0 Å². The van der Waals surface area contributed by atoms with Crippen molar-refractivity contribution in [1.29, 1.82) is 0 Å². The predicted octanol–water partition coefficient (Wildman–Crippen LogP) is 3.11. The maximum Gasteiger partial charge on any atom is 0.247 e. The van der Waals surface area contributed by atoms with E-state index in [1.165, 1.54) is 11.1 Å². The number of anilines is 1. The molecule has 0 aromatic heterocycles. The molecule has 1 aromatic carbocycles. The molecule has 0 radical (unpaired) electrons. The number of carbonyl (C=O) groups is 1. The molecule has 0 spiro atoms. The first-order valence-corrected chi connectivity index (χ1v) is 5.94. The summed E-state index contributed by atoms with van der Waals surface area (Å²) in [5.41, 5.74) is 5.47. The number of amides is 1. The van der Waals surface area contributed by atoms with Gasteiger partial charge in [0, 0.05) is 12.1 Å². The Labute approximate surface area is 102 Å². The maximum absolute atomic E-state index is 11.9. The molecule has 1 heterocycles. The molecule has 1 amide bonds. The molecular weight excluding hydrogens is 212 g/mol. The van der Waals surface area contributed by atoms with Gasteiger partial charge in [-0.25, -0.2) is 5.01 Å². The first kappa shape index (κ1) is 11.8. The molecule has 2 rings (SSSR count). The van der Waals surface area contributed by atoms with Crippen LogP contribution in [-0.4, -0.2) is 11.6 Å². The van der Waals surface area contributed by atoms with Gasteiger partial charge < -0.3 is 0 Å². The lowest BCUT2D eigenvalue weighted by molar-refractivity contribution is -0.118. The lowest BCUT2D eigenvalue weighted by atomic mass is 10.0. The quantitative estimate of drug-likeness (QED) is 0.729. The first-order chi connectivity index (χ1) is 7.99. The summed E-state index contributed by atoms with van der Waals surface area (Å²) in [4.78, 5) is 11.9. The summed E-state index contributed by atoms with van der Waals surface area (Å²) in [5.74, 6) is 0.0851. The standard InChI is InChI=1S/C14H18N2O/c1-9-7-11(3)13(8-10(9)2)16-14(17)6-5-12(4)15-16/h7-8H,5-6H2,1-4H3. The van der Waals surface area contributed by atoms with Crippen LogP contribution < -0.4 is 5.01 Å². The first-order valence-electron chi connectivity index (χ1n) is 5.94. The average molecular weight is 230 g/mol. The van der Waals surface area contributed by atoms with Gasteiger partial charge in [0.15, 0.2) is 0 Å². The zero-order chi connectivity index (χ0) is 12.6. The molecular formula is C14H18N2O. The predicted molar refractivity (Wildman–Crippen MR) is 70.5 cm³/mol. The minimum atomic E-state index is 0.0851. The van der Waals surface area contributed by atoms with E-state index in [1.54, 1.807) is 5.01 Å². The summed E-state index contributed by atoms with van der Waals surface area (Å²) in [6.07, 6.45) is 1.33. The van der Waals surface area contributed by atoms with Gasteiger partial charge >= 0.3 is 0 Å². The Morgan fingerprint density at radius 1 is 1.00 bits per heavy atom. The minimum absolute atomic E-state index is 0.0851. The molecule has 0 fully saturated rings. The second kappa shape index (κ2) is 4.32. The summed E-state index contributed by atoms with van der Waals surface area (Å²) in [7, 11) is 0. The highest BCUT2D eigenvalue weighted by Gasteiger charge is 2.21. The fourth-order valence-corrected chi connectivity index (χ4v) is 2.03. The zero-order valence-electron chi connectivity index (χ0n) is 10.9. The van der Waals surface area contributed by atoms with Crippen molar-refractivity contribution in [2.75, 3.05) is 5.01 Å². The minimum Gasteiger partial charge on any atom is -0.273 e. The zero-order valence-corrected chi connectivity index (χ0v) is 10.9. The molecule has 0 N–H and O–H groups in total. The van der Waals surface area contributed by atoms with Gasteiger partial charge in [0.1, 0.15) is 0 Å². The molecule has 0 saturated carbocycles. The molecule has 0 saturated heterocycles. The second-order valence-electron chi connectivity index (χ2n) is 4.76. The molecule has 0 bridgehead atoms. The van der Waals surface area contributed by atoms with Crippen molar-refractivity contribution in [1.82, 2.24) is 0 Å². The van der Waals surface area contributed by atoms with Crippen molar-refractivity contribution < 1.29 is 4.79 Å². The molecule has 17 heavy (non-hydrogen) atoms. The van der Waals surface area contributed by atoms with Gasteiger partial charge in [-0.15, -0.1) is 0 Å². The maximum atomic E-state index is 11.9. The number of rotatable bonds is 1. The van der Waals surface area contributed by atoms with E-state index in [0.717, 1.165) is 23.4 Å². The Bertz CT molecular complexity index is 503. The van der Waals surface area contributed by atoms with Crippen molar-refractivity contribution >= 4 is 17.3 Å². The number of hydrazone groups is 1. The van der Waals surface area contributed by atoms with Crippen molar-refractivity contribution in [3.63, 3.8) is 0 Å². The van der Waals surface area contributed by atoms with Gasteiger partial charge in [-0.2, -0.15) is 5.10 Å². The van der Waals surface area contributed by atoms with Crippen LogP contribution in [0, 0.1) is 20.8 Å². The Morgan fingerprint density at radius 2 is 1.65 bits per heavy atom. The average Bonchev–Trinajstić information content (AvgIpc) is 2.27. The number of carbonyl (C=O) groups excluding carboxylic acids is 1. The third-order valence-corrected chi connectivity index (χ3v) is 3.25. The van der Waals surface area contributed by atoms with Crippen LogP contribution in [0.15, 0.2) is 17.2 Å². The lowest BCUT2D eigenvalue weighted by Gasteiger charge is -2.24. The third-order valence-electron chi connectivity index (χ3n) is 3.25. The Morgan fingerprint density at radius 3 is 2.35 bits per heavy atom. The second-order valence-corrected chi connectivity index (χ2v) is 4.76. The highest BCUT2D eigenvalue weighted by Crippen LogP contribution is 2.27. The molecule has 1 aliphatic heterocycles. The fraction of sp³-hybridized carbons (Fsp3) is 0.429. The topological polar surface area (TPSA) is 32.7 Å². The largest absolute Gasteiger partial charge is 0.273 e. The van der Waals surface area contributed by atoms with Crippen LogP contribution in [0.4, 0.5) is 5.69 Å². The van der Waals surface area contributed by atoms with Crippen LogP contribution in [0.5, 0.6) is 0 Å². The van der Waals surface area contributed by atoms with Crippen molar-refractivity contribution in [3.8, 4) is 0 Å². The third kappa shape index (κ3) is 2.23. The van der Waals surface area contributed by atoms with Gasteiger partial charge in [0.05, 0.1) is 5.69 Å². The lowest BCUT2D eigenvalue weighted by Crippen LogP contribution is -2.31. The fourth-order valence-electron chi connectivity index (χ4n) is 2.03. The molecule has 3 heteroatoms. The van der Waals surface area contributed by atoms with Gasteiger partial charge in [-0.05, 0) is 56.9 Å². The molecule has 1 aromatic rings. The number of aryl methyl sites for hydroxylation is 3. The number of hydrogen-bond acceptors (Lipinski definition) is 2. The molecule has 1 aliphatic rings. The van der Waals surface area contributed by atoms with Gasteiger partial charge in [0.25, 0.3) is 0 Å². The Hall–Kier alpha value is -1.64. The Kier molecular flexibility index (Phi) is 3.01. The molecule has 90 valence electrons. The van der Waals surface area contributed by atoms with E-state index in [2.05, 4.69) is 25.0 Å². The molecule has 0 unspecified atom stereocenters. The molecule has 3 nitrogen and oxygen atoms in total. The smallest absolute Gasteiger partial charge is 0.247 e. The van der Waals surface area contributed by atoms with E-state index in [0.29, 0.717) is 6.42 Å². The monoisotopic (exact) mass is 230 g/mol. The summed E-state index contributed by atoms with van der Waals surface area (Å²) in [6, 6.07) is 4.15. The van der Waals surface area contributed by atoms with Crippen LogP contribution in [0.3, 0.4) is 0 Å². The number of hydrogen-bond donors (Lipinski definition) is 0. The van der Waals surface area contributed by atoms with Crippen molar-refractivity contribution in [3.05, 3.63) is 28.8 Å². The summed E-state index contributed by atoms with van der Waals surface area (Å²) in [6.45, 7) is 8.13. The van der Waals surface area contributed by atoms with E-state index in [1.807, 2.05) is 19.9 Å². The van der Waals surface area contributed by atoms with Crippen LogP contribution in [-0.2, 0) is 4.79 Å². The van der Waals surface area contributed by atoms with E-state index in [-0.39, 0.29) is 5.91 Å². The van der Waals surface area contributed by atoms with E-state index >= 15 is 0 Å². The van der Waals surface area contributed by atoms with Gasteiger partial charge in [0.2, 0.25) is 5.91 Å². The highest BCUT2D eigenvalue weighted by atomic mass is 16.2. The normalized spacial score (nSPS) is 16.1. The molecule has 0 atom stereocenters. The number of nitrogens with zero attached hydrogens (tertiary/aromatic N) is 2. The van der Waals surface area contributed by atoms with Crippen LogP contribution in [0.25, 0.3) is 0 Å². The SMILES string of the molecule is CC1=NN(c2cc(C)c(C)cc2C)C(=O)CC1. The Balaban J connectivity index is 2.49. The summed E-state index contributed by atoms with van der Waals surface area (Å²) < 4.78 is 0. The summed E-state index contributed by atoms with van der Waals surface area (Å²) in [5, 5.41) is 5.92. The molecule has 0 aliphatic carbocycles. The van der Waals surface area contributed by atoms with Gasteiger partial charge in [-0.1, -0.05) is 6.07 Å². The number of benzene rings is 1. The van der Waals surface area contributed by atoms with Crippen LogP contribution in [0.2, 0.25) is 0 Å². The van der Waals surface area contributed by atoms with E-state index in [9.17, 15) is 4.79 Å². The van der Waals surface area contributed by atoms with Crippen molar-refractivity contribution in [2.24, 2.45) is 5.10 Å². The van der Waals surface area contributed by atoms with Crippen LogP contribution in [0.1, 0.15) is 36.5 Å². The van der Waals surface area contributed by atoms with Crippen molar-refractivity contribution in [2.45, 2.75) is 40.5 Å².